The van der Waals surface area contributed by atoms with Gasteiger partial charge < -0.3 is 14.2 Å². The highest BCUT2D eigenvalue weighted by Crippen LogP contribution is 2.33. The number of benzene rings is 2. The molecule has 0 spiro atoms. The number of hydrogen-bond acceptors (Lipinski definition) is 6. The van der Waals surface area contributed by atoms with Gasteiger partial charge in [0.2, 0.25) is 0 Å². The fourth-order valence-electron chi connectivity index (χ4n) is 3.38. The molecule has 1 aromatic heterocycles. The number of nitrogens with zero attached hydrogens (tertiary/aromatic N) is 2. The number of carbonyl (C=O) groups is 1. The molecule has 0 radical (unpaired) electrons. The van der Waals surface area contributed by atoms with Crippen molar-refractivity contribution in [2.24, 2.45) is 0 Å². The smallest absolute Gasteiger partial charge is 0.259 e. The molecule has 0 bridgehead atoms. The van der Waals surface area contributed by atoms with Crippen molar-refractivity contribution in [3.05, 3.63) is 64.9 Å². The van der Waals surface area contributed by atoms with Gasteiger partial charge in [0.15, 0.2) is 9.84 Å². The van der Waals surface area contributed by atoms with E-state index < -0.39 is 15.1 Å². The first-order valence-corrected chi connectivity index (χ1v) is 11.1. The second kappa shape index (κ2) is 7.77. The number of likely N-dealkylation sites (tertiary alicyclic amines) is 1. The number of methoxy groups -OCH3 is 1. The van der Waals surface area contributed by atoms with Gasteiger partial charge in [0.1, 0.15) is 28.0 Å². The normalized spacial score (nSPS) is 14.4. The molecule has 0 aliphatic carbocycles. The van der Waals surface area contributed by atoms with Crippen molar-refractivity contribution in [2.75, 3.05) is 20.2 Å². The molecule has 3 aromatic rings. The van der Waals surface area contributed by atoms with E-state index in [1.165, 1.54) is 24.1 Å². The molecule has 4 rings (SSSR count). The van der Waals surface area contributed by atoms with E-state index in [0.717, 1.165) is 0 Å². The Labute approximate surface area is 179 Å². The van der Waals surface area contributed by atoms with Crippen LogP contribution in [-0.2, 0) is 9.84 Å². The molecule has 1 saturated heterocycles. The fraction of sp³-hybridized carbons (Fsp3) is 0.238. The lowest BCUT2D eigenvalue weighted by Crippen LogP contribution is -2.56. The van der Waals surface area contributed by atoms with Gasteiger partial charge in [0, 0.05) is 18.7 Å². The summed E-state index contributed by atoms with van der Waals surface area (Å²) in [5.74, 6) is 0.607. The van der Waals surface area contributed by atoms with E-state index in [-0.39, 0.29) is 23.9 Å². The van der Waals surface area contributed by atoms with Gasteiger partial charge in [-0.3, -0.25) is 4.79 Å². The Morgan fingerprint density at radius 2 is 1.83 bits per heavy atom. The van der Waals surface area contributed by atoms with Gasteiger partial charge in [-0.05, 0) is 37.3 Å². The lowest BCUT2D eigenvalue weighted by Gasteiger charge is -2.38. The van der Waals surface area contributed by atoms with E-state index in [2.05, 4.69) is 5.16 Å². The zero-order valence-corrected chi connectivity index (χ0v) is 17.9. The minimum atomic E-state index is -3.55. The van der Waals surface area contributed by atoms with E-state index in [9.17, 15) is 13.2 Å². The van der Waals surface area contributed by atoms with Gasteiger partial charge in [0.05, 0.1) is 17.0 Å². The quantitative estimate of drug-likeness (QED) is 0.594. The second-order valence-electron chi connectivity index (χ2n) is 6.99. The standard InChI is InChI=1S/C21H19ClN2O5S/c1-13-19(20(23-29-13)17-5-3-4-6-18(17)22)21(25)24-11-16(12-24)30(26,27)15-9-7-14(28-2)8-10-15/h3-10,16H,11-12H2,1-2H3. The molecule has 0 unspecified atom stereocenters. The van der Waals surface area contributed by atoms with Crippen LogP contribution in [0.2, 0.25) is 5.02 Å². The number of amides is 1. The Hall–Kier alpha value is -2.84. The Balaban J connectivity index is 1.54. The highest BCUT2D eigenvalue weighted by Gasteiger charge is 2.42. The van der Waals surface area contributed by atoms with Crippen LogP contribution in [-0.4, -0.2) is 49.8 Å². The topological polar surface area (TPSA) is 89.7 Å². The highest BCUT2D eigenvalue weighted by atomic mass is 35.5. The zero-order chi connectivity index (χ0) is 21.5. The van der Waals surface area contributed by atoms with Crippen LogP contribution >= 0.6 is 11.6 Å². The van der Waals surface area contributed by atoms with Crippen molar-refractivity contribution in [3.63, 3.8) is 0 Å². The Morgan fingerprint density at radius 1 is 1.17 bits per heavy atom. The summed E-state index contributed by atoms with van der Waals surface area (Å²) in [4.78, 5) is 14.8. The molecule has 0 atom stereocenters. The summed E-state index contributed by atoms with van der Waals surface area (Å²) in [5, 5.41) is 3.78. The van der Waals surface area contributed by atoms with Crippen LogP contribution in [0, 0.1) is 6.92 Å². The predicted octanol–water partition coefficient (Wildman–Crippen LogP) is 3.61. The van der Waals surface area contributed by atoms with Crippen LogP contribution in [0.4, 0.5) is 0 Å². The maximum absolute atomic E-state index is 13.1. The van der Waals surface area contributed by atoms with Crippen LogP contribution in [0.25, 0.3) is 11.3 Å². The monoisotopic (exact) mass is 446 g/mol. The number of sulfone groups is 1. The van der Waals surface area contributed by atoms with Gasteiger partial charge >= 0.3 is 0 Å². The summed E-state index contributed by atoms with van der Waals surface area (Å²) in [6.07, 6.45) is 0. The number of aromatic nitrogens is 1. The molecule has 2 aromatic carbocycles. The fourth-order valence-corrected chi connectivity index (χ4v) is 5.26. The third-order valence-corrected chi connectivity index (χ3v) is 7.60. The third-order valence-electron chi connectivity index (χ3n) is 5.17. The molecular weight excluding hydrogens is 428 g/mol. The van der Waals surface area contributed by atoms with Crippen LogP contribution in [0.15, 0.2) is 57.9 Å². The Bertz CT molecular complexity index is 1200. The zero-order valence-electron chi connectivity index (χ0n) is 16.3. The molecule has 156 valence electrons. The molecule has 0 N–H and O–H groups in total. The van der Waals surface area contributed by atoms with Crippen molar-refractivity contribution >= 4 is 27.3 Å². The summed E-state index contributed by atoms with van der Waals surface area (Å²) in [7, 11) is -2.03. The summed E-state index contributed by atoms with van der Waals surface area (Å²) in [6.45, 7) is 1.84. The summed E-state index contributed by atoms with van der Waals surface area (Å²) >= 11 is 6.25. The second-order valence-corrected chi connectivity index (χ2v) is 9.63. The highest BCUT2D eigenvalue weighted by molar-refractivity contribution is 7.92. The van der Waals surface area contributed by atoms with Crippen molar-refractivity contribution in [3.8, 4) is 17.0 Å². The minimum absolute atomic E-state index is 0.0970. The van der Waals surface area contributed by atoms with Crippen LogP contribution in [0.3, 0.4) is 0 Å². The first kappa shape index (κ1) is 20.4. The van der Waals surface area contributed by atoms with Crippen LogP contribution < -0.4 is 4.74 Å². The van der Waals surface area contributed by atoms with Crippen molar-refractivity contribution in [1.29, 1.82) is 0 Å². The summed E-state index contributed by atoms with van der Waals surface area (Å²) in [6, 6.07) is 13.3. The maximum Gasteiger partial charge on any atom is 0.259 e. The van der Waals surface area contributed by atoms with Crippen molar-refractivity contribution in [2.45, 2.75) is 17.1 Å². The molecule has 1 aliphatic rings. The van der Waals surface area contributed by atoms with E-state index in [1.807, 2.05) is 0 Å². The number of ether oxygens (including phenoxy) is 1. The van der Waals surface area contributed by atoms with E-state index in [1.54, 1.807) is 43.3 Å². The molecule has 7 nitrogen and oxygen atoms in total. The summed E-state index contributed by atoms with van der Waals surface area (Å²) < 4.78 is 36.0. The van der Waals surface area contributed by atoms with Crippen molar-refractivity contribution < 1.29 is 22.5 Å². The number of hydrogen-bond donors (Lipinski definition) is 0. The van der Waals surface area contributed by atoms with Crippen LogP contribution in [0.1, 0.15) is 16.1 Å². The minimum Gasteiger partial charge on any atom is -0.497 e. The average molecular weight is 447 g/mol. The SMILES string of the molecule is COc1ccc(S(=O)(=O)C2CN(C(=O)c3c(-c4ccccc4Cl)noc3C)C2)cc1. The first-order chi connectivity index (χ1) is 14.3. The molecular formula is C21H19ClN2O5S. The number of carbonyl (C=O) groups excluding carboxylic acids is 1. The number of halogens is 1. The average Bonchev–Trinajstić information content (AvgIpc) is 3.08. The molecule has 1 amide bonds. The molecule has 0 saturated carbocycles. The van der Waals surface area contributed by atoms with Gasteiger partial charge in [-0.1, -0.05) is 35.0 Å². The molecule has 1 aliphatic heterocycles. The van der Waals surface area contributed by atoms with Gasteiger partial charge in [-0.15, -0.1) is 0 Å². The number of rotatable bonds is 5. The Kier molecular flexibility index (Phi) is 5.29. The van der Waals surface area contributed by atoms with E-state index >= 15 is 0 Å². The first-order valence-electron chi connectivity index (χ1n) is 9.21. The molecule has 30 heavy (non-hydrogen) atoms. The van der Waals surface area contributed by atoms with Gasteiger partial charge in [-0.25, -0.2) is 8.42 Å². The number of aryl methyl sites for hydroxylation is 1. The lowest BCUT2D eigenvalue weighted by atomic mass is 10.0. The molecule has 2 heterocycles. The van der Waals surface area contributed by atoms with E-state index in [0.29, 0.717) is 33.4 Å². The maximum atomic E-state index is 13.1. The molecule has 1 fully saturated rings. The largest absolute Gasteiger partial charge is 0.497 e. The van der Waals surface area contributed by atoms with Crippen LogP contribution in [0.5, 0.6) is 5.75 Å². The lowest BCUT2D eigenvalue weighted by molar-refractivity contribution is 0.0657. The van der Waals surface area contributed by atoms with Gasteiger partial charge in [-0.2, -0.15) is 0 Å². The van der Waals surface area contributed by atoms with Crippen molar-refractivity contribution in [1.82, 2.24) is 10.1 Å². The Morgan fingerprint density at radius 3 is 2.47 bits per heavy atom. The van der Waals surface area contributed by atoms with Gasteiger partial charge in [0.25, 0.3) is 5.91 Å². The predicted molar refractivity (Wildman–Crippen MR) is 112 cm³/mol. The van der Waals surface area contributed by atoms with E-state index in [4.69, 9.17) is 20.9 Å². The third kappa shape index (κ3) is 3.46. The summed E-state index contributed by atoms with van der Waals surface area (Å²) in [5.41, 5.74) is 1.23. The molecule has 9 heteroatoms.